The Bertz CT molecular complexity index is 432. The van der Waals surface area contributed by atoms with E-state index in [1.807, 2.05) is 25.1 Å². The molecule has 1 aliphatic carbocycles. The Morgan fingerprint density at radius 1 is 1.38 bits per heavy atom. The van der Waals surface area contributed by atoms with Crippen molar-refractivity contribution in [2.75, 3.05) is 6.61 Å². The Morgan fingerprint density at radius 2 is 2.12 bits per heavy atom. The standard InChI is InChI=1S/C14H16O2/c1-10(2)9-16-14(15)13-7-6-11-4-3-5-12(11)8-13/h6-8H,1,3-5,9H2,2H3. The molecule has 0 radical (unpaired) electrons. The van der Waals surface area contributed by atoms with Crippen LogP contribution in [0.25, 0.3) is 0 Å². The summed E-state index contributed by atoms with van der Waals surface area (Å²) in [5, 5.41) is 0. The van der Waals surface area contributed by atoms with E-state index in [2.05, 4.69) is 6.58 Å². The second kappa shape index (κ2) is 4.52. The van der Waals surface area contributed by atoms with Crippen LogP contribution < -0.4 is 0 Å². The van der Waals surface area contributed by atoms with Gasteiger partial charge >= 0.3 is 5.97 Å². The fourth-order valence-corrected chi connectivity index (χ4v) is 1.97. The molecule has 0 spiro atoms. The summed E-state index contributed by atoms with van der Waals surface area (Å²) in [5.74, 6) is -0.252. The molecule has 0 saturated carbocycles. The fraction of sp³-hybridized carbons (Fsp3) is 0.357. The molecule has 0 fully saturated rings. The molecule has 1 aliphatic rings. The Balaban J connectivity index is 2.09. The van der Waals surface area contributed by atoms with Crippen molar-refractivity contribution in [1.29, 1.82) is 0 Å². The lowest BCUT2D eigenvalue weighted by atomic mass is 10.1. The number of benzene rings is 1. The zero-order valence-corrected chi connectivity index (χ0v) is 9.58. The van der Waals surface area contributed by atoms with Gasteiger partial charge in [-0.05, 0) is 55.0 Å². The fourth-order valence-electron chi connectivity index (χ4n) is 1.97. The highest BCUT2D eigenvalue weighted by Gasteiger charge is 2.14. The van der Waals surface area contributed by atoms with E-state index >= 15 is 0 Å². The molecule has 0 unspecified atom stereocenters. The van der Waals surface area contributed by atoms with Crippen molar-refractivity contribution >= 4 is 5.97 Å². The molecule has 0 saturated heterocycles. The van der Waals surface area contributed by atoms with Gasteiger partial charge in [-0.3, -0.25) is 0 Å². The number of fused-ring (bicyclic) bond motifs is 1. The van der Waals surface area contributed by atoms with Gasteiger partial charge in [0.15, 0.2) is 0 Å². The van der Waals surface area contributed by atoms with Gasteiger partial charge in [0.1, 0.15) is 6.61 Å². The van der Waals surface area contributed by atoms with Gasteiger partial charge in [-0.15, -0.1) is 0 Å². The van der Waals surface area contributed by atoms with Crippen LogP contribution in [0.3, 0.4) is 0 Å². The molecule has 0 aliphatic heterocycles. The summed E-state index contributed by atoms with van der Waals surface area (Å²) in [6.07, 6.45) is 3.41. The summed E-state index contributed by atoms with van der Waals surface area (Å²) < 4.78 is 5.11. The summed E-state index contributed by atoms with van der Waals surface area (Å²) in [5.41, 5.74) is 4.18. The SMILES string of the molecule is C=C(C)COC(=O)c1ccc2c(c1)CCC2. The average Bonchev–Trinajstić information content (AvgIpc) is 2.72. The van der Waals surface area contributed by atoms with Crippen molar-refractivity contribution in [3.63, 3.8) is 0 Å². The molecule has 16 heavy (non-hydrogen) atoms. The predicted octanol–water partition coefficient (Wildman–Crippen LogP) is 2.91. The molecule has 0 amide bonds. The van der Waals surface area contributed by atoms with Crippen LogP contribution in [0.1, 0.15) is 34.8 Å². The highest BCUT2D eigenvalue weighted by atomic mass is 16.5. The minimum Gasteiger partial charge on any atom is -0.458 e. The summed E-state index contributed by atoms with van der Waals surface area (Å²) in [7, 11) is 0. The van der Waals surface area contributed by atoms with Gasteiger partial charge in [0.2, 0.25) is 0 Å². The number of carbonyl (C=O) groups excluding carboxylic acids is 1. The van der Waals surface area contributed by atoms with Crippen molar-refractivity contribution in [1.82, 2.24) is 0 Å². The Labute approximate surface area is 95.9 Å². The maximum Gasteiger partial charge on any atom is 0.338 e. The van der Waals surface area contributed by atoms with E-state index in [0.29, 0.717) is 12.2 Å². The third kappa shape index (κ3) is 2.32. The lowest BCUT2D eigenvalue weighted by Gasteiger charge is -2.06. The zero-order chi connectivity index (χ0) is 11.5. The topological polar surface area (TPSA) is 26.3 Å². The van der Waals surface area contributed by atoms with E-state index in [9.17, 15) is 4.79 Å². The first kappa shape index (κ1) is 10.9. The molecule has 0 bridgehead atoms. The minimum atomic E-state index is -0.252. The van der Waals surface area contributed by atoms with Crippen LogP contribution in [-0.4, -0.2) is 12.6 Å². The summed E-state index contributed by atoms with van der Waals surface area (Å²) in [4.78, 5) is 11.7. The maximum atomic E-state index is 11.7. The van der Waals surface area contributed by atoms with Crippen molar-refractivity contribution < 1.29 is 9.53 Å². The van der Waals surface area contributed by atoms with Gasteiger partial charge in [-0.2, -0.15) is 0 Å². The minimum absolute atomic E-state index is 0.252. The van der Waals surface area contributed by atoms with Gasteiger partial charge in [0, 0.05) is 0 Å². The molecule has 2 nitrogen and oxygen atoms in total. The zero-order valence-electron chi connectivity index (χ0n) is 9.58. The second-order valence-corrected chi connectivity index (χ2v) is 4.37. The predicted molar refractivity (Wildman–Crippen MR) is 63.6 cm³/mol. The van der Waals surface area contributed by atoms with E-state index in [-0.39, 0.29) is 5.97 Å². The molecular formula is C14H16O2. The van der Waals surface area contributed by atoms with Crippen LogP contribution in [0.5, 0.6) is 0 Å². The van der Waals surface area contributed by atoms with Crippen molar-refractivity contribution in [2.45, 2.75) is 26.2 Å². The molecule has 2 rings (SSSR count). The first-order chi connectivity index (χ1) is 7.66. The number of ether oxygens (including phenoxy) is 1. The van der Waals surface area contributed by atoms with E-state index in [0.717, 1.165) is 18.4 Å². The number of aryl methyl sites for hydroxylation is 2. The number of hydrogen-bond acceptors (Lipinski definition) is 2. The summed E-state index contributed by atoms with van der Waals surface area (Å²) in [6, 6.07) is 5.85. The largest absolute Gasteiger partial charge is 0.458 e. The Kier molecular flexibility index (Phi) is 3.09. The average molecular weight is 216 g/mol. The van der Waals surface area contributed by atoms with E-state index in [4.69, 9.17) is 4.74 Å². The second-order valence-electron chi connectivity index (χ2n) is 4.37. The van der Waals surface area contributed by atoms with Crippen LogP contribution >= 0.6 is 0 Å². The number of carbonyl (C=O) groups is 1. The maximum absolute atomic E-state index is 11.7. The van der Waals surface area contributed by atoms with Gasteiger partial charge in [-0.25, -0.2) is 4.79 Å². The summed E-state index contributed by atoms with van der Waals surface area (Å²) >= 11 is 0. The van der Waals surface area contributed by atoms with Gasteiger partial charge < -0.3 is 4.74 Å². The third-order valence-electron chi connectivity index (χ3n) is 2.78. The molecule has 0 aromatic heterocycles. The van der Waals surface area contributed by atoms with Crippen LogP contribution in [0.2, 0.25) is 0 Å². The molecule has 0 N–H and O–H groups in total. The van der Waals surface area contributed by atoms with E-state index in [1.54, 1.807) is 0 Å². The molecule has 0 heterocycles. The molecule has 1 aromatic rings. The normalized spacial score (nSPS) is 13.3. The number of esters is 1. The third-order valence-corrected chi connectivity index (χ3v) is 2.78. The van der Waals surface area contributed by atoms with Crippen molar-refractivity contribution in [3.05, 3.63) is 47.0 Å². The van der Waals surface area contributed by atoms with Crippen LogP contribution in [0.15, 0.2) is 30.4 Å². The highest BCUT2D eigenvalue weighted by molar-refractivity contribution is 5.89. The molecule has 1 aromatic carbocycles. The highest BCUT2D eigenvalue weighted by Crippen LogP contribution is 2.23. The molecule has 84 valence electrons. The van der Waals surface area contributed by atoms with Gasteiger partial charge in [0.25, 0.3) is 0 Å². The molecule has 2 heteroatoms. The molecule has 0 atom stereocenters. The first-order valence-electron chi connectivity index (χ1n) is 5.60. The molecular weight excluding hydrogens is 200 g/mol. The first-order valence-corrected chi connectivity index (χ1v) is 5.60. The Morgan fingerprint density at radius 3 is 2.88 bits per heavy atom. The lowest BCUT2D eigenvalue weighted by Crippen LogP contribution is -2.07. The quantitative estimate of drug-likeness (QED) is 0.573. The van der Waals surface area contributed by atoms with Gasteiger partial charge in [-0.1, -0.05) is 12.6 Å². The summed E-state index contributed by atoms with van der Waals surface area (Å²) in [6.45, 7) is 5.85. The van der Waals surface area contributed by atoms with Crippen LogP contribution in [0, 0.1) is 0 Å². The number of hydrogen-bond donors (Lipinski definition) is 0. The van der Waals surface area contributed by atoms with Gasteiger partial charge in [0.05, 0.1) is 5.56 Å². The van der Waals surface area contributed by atoms with E-state index in [1.165, 1.54) is 17.5 Å². The smallest absolute Gasteiger partial charge is 0.338 e. The lowest BCUT2D eigenvalue weighted by molar-refractivity contribution is 0.0540. The monoisotopic (exact) mass is 216 g/mol. The number of rotatable bonds is 3. The van der Waals surface area contributed by atoms with Crippen molar-refractivity contribution in [3.8, 4) is 0 Å². The van der Waals surface area contributed by atoms with E-state index < -0.39 is 0 Å². The Hall–Kier alpha value is -1.57. The van der Waals surface area contributed by atoms with Crippen molar-refractivity contribution in [2.24, 2.45) is 0 Å². The van der Waals surface area contributed by atoms with Crippen LogP contribution in [0.4, 0.5) is 0 Å². The van der Waals surface area contributed by atoms with Crippen LogP contribution in [-0.2, 0) is 17.6 Å².